The van der Waals surface area contributed by atoms with Gasteiger partial charge in [0.05, 0.1) is 6.20 Å². The van der Waals surface area contributed by atoms with Crippen molar-refractivity contribution in [2.75, 3.05) is 6.54 Å². The van der Waals surface area contributed by atoms with E-state index in [0.717, 1.165) is 29.1 Å². The van der Waals surface area contributed by atoms with Crippen LogP contribution in [0.4, 0.5) is 13.2 Å². The number of aryl methyl sites for hydroxylation is 1. The van der Waals surface area contributed by atoms with Crippen LogP contribution < -0.4 is 5.56 Å². The number of hydrogen-bond donors (Lipinski definition) is 0. The number of aromatic nitrogens is 2. The summed E-state index contributed by atoms with van der Waals surface area (Å²) >= 11 is 5.71. The summed E-state index contributed by atoms with van der Waals surface area (Å²) in [6, 6.07) is 2.31. The molecule has 0 saturated carbocycles. The third-order valence-electron chi connectivity index (χ3n) is 3.62. The first-order chi connectivity index (χ1) is 12.0. The molecule has 6 nitrogen and oxygen atoms in total. The van der Waals surface area contributed by atoms with E-state index in [-0.39, 0.29) is 10.6 Å². The molecule has 0 aliphatic carbocycles. The number of hydrogen-bond acceptors (Lipinski definition) is 4. The van der Waals surface area contributed by atoms with Crippen LogP contribution in [0.2, 0.25) is 5.02 Å². The molecule has 2 rings (SSSR count). The monoisotopic (exact) mass is 409 g/mol. The van der Waals surface area contributed by atoms with Crippen molar-refractivity contribution in [3.8, 4) is 0 Å². The van der Waals surface area contributed by atoms with E-state index in [4.69, 9.17) is 11.6 Å². The molecule has 0 N–H and O–H groups in total. The van der Waals surface area contributed by atoms with Gasteiger partial charge >= 0.3 is 6.18 Å². The fourth-order valence-corrected chi connectivity index (χ4v) is 4.08. The first-order valence-electron chi connectivity index (χ1n) is 7.35. The van der Waals surface area contributed by atoms with Crippen molar-refractivity contribution in [3.05, 3.63) is 57.6 Å². The van der Waals surface area contributed by atoms with E-state index < -0.39 is 39.4 Å². The molecule has 0 aliphatic heterocycles. The van der Waals surface area contributed by atoms with Gasteiger partial charge in [-0.1, -0.05) is 30.7 Å². The largest absolute Gasteiger partial charge is 0.409 e. The van der Waals surface area contributed by atoms with E-state index in [1.807, 2.05) is 0 Å². The van der Waals surface area contributed by atoms with Crippen LogP contribution in [0.25, 0.3) is 0 Å². The lowest BCUT2D eigenvalue weighted by Crippen LogP contribution is -2.42. The number of rotatable bonds is 5. The minimum atomic E-state index is -4.88. The molecule has 26 heavy (non-hydrogen) atoms. The molecule has 0 fully saturated rings. The maximum atomic E-state index is 13.7. The molecule has 0 radical (unpaired) electrons. The van der Waals surface area contributed by atoms with Crippen LogP contribution in [0, 0.1) is 0 Å². The van der Waals surface area contributed by atoms with Gasteiger partial charge in [0.1, 0.15) is 6.04 Å². The van der Waals surface area contributed by atoms with Crippen LogP contribution in [-0.2, 0) is 17.1 Å². The summed E-state index contributed by atoms with van der Waals surface area (Å²) in [7, 11) is -3.34. The number of nitrogens with zero attached hydrogens (tertiary/aromatic N) is 3. The zero-order chi connectivity index (χ0) is 19.7. The van der Waals surface area contributed by atoms with Gasteiger partial charge in [0.2, 0.25) is 0 Å². The van der Waals surface area contributed by atoms with Gasteiger partial charge in [0.25, 0.3) is 15.6 Å². The molecular weight excluding hydrogens is 395 g/mol. The summed E-state index contributed by atoms with van der Waals surface area (Å²) in [4.78, 5) is 14.9. The molecule has 2 aromatic rings. The molecule has 0 aliphatic rings. The van der Waals surface area contributed by atoms with E-state index in [1.54, 1.807) is 0 Å². The molecule has 1 aromatic carbocycles. The van der Waals surface area contributed by atoms with Crippen molar-refractivity contribution in [3.63, 3.8) is 0 Å². The fraction of sp³-hybridized carbons (Fsp3) is 0.333. The molecular formula is C15H15ClF3N3O3S. The van der Waals surface area contributed by atoms with Crippen molar-refractivity contribution in [1.82, 2.24) is 13.9 Å². The first-order valence-corrected chi connectivity index (χ1v) is 9.17. The standard InChI is InChI=1S/C15H15ClF3N3O3S/c1-3-22(26(24,25)12-9-21(2)13(23)8-20-12)14(15(17,18)19)10-4-6-11(16)7-5-10/h4-9,14H,3H2,1-2H3/t14-/m1/s1. The highest BCUT2D eigenvalue weighted by Crippen LogP contribution is 2.40. The smallest absolute Gasteiger partial charge is 0.314 e. The Balaban J connectivity index is 2.61. The number of sulfonamides is 1. The summed E-state index contributed by atoms with van der Waals surface area (Å²) in [5.41, 5.74) is -0.866. The van der Waals surface area contributed by atoms with E-state index >= 15 is 0 Å². The van der Waals surface area contributed by atoms with Crippen LogP contribution in [0.3, 0.4) is 0 Å². The molecule has 1 heterocycles. The first kappa shape index (κ1) is 20.4. The maximum absolute atomic E-state index is 13.7. The Labute approximate surface area is 152 Å². The van der Waals surface area contributed by atoms with Crippen LogP contribution in [0.5, 0.6) is 0 Å². The minimum absolute atomic E-state index is 0.223. The molecule has 0 unspecified atom stereocenters. The average molecular weight is 410 g/mol. The number of alkyl halides is 3. The summed E-state index contributed by atoms with van der Waals surface area (Å²) < 4.78 is 67.9. The van der Waals surface area contributed by atoms with Gasteiger partial charge in [-0.2, -0.15) is 17.5 Å². The highest BCUT2D eigenvalue weighted by atomic mass is 35.5. The predicted octanol–water partition coefficient (Wildman–Crippen LogP) is 2.75. The fourth-order valence-electron chi connectivity index (χ4n) is 2.38. The van der Waals surface area contributed by atoms with Crippen molar-refractivity contribution < 1.29 is 21.6 Å². The lowest BCUT2D eigenvalue weighted by Gasteiger charge is -2.31. The molecule has 11 heteroatoms. The Morgan fingerprint density at radius 2 is 1.85 bits per heavy atom. The normalized spacial score (nSPS) is 13.8. The molecule has 1 aromatic heterocycles. The van der Waals surface area contributed by atoms with Gasteiger partial charge in [0.15, 0.2) is 5.03 Å². The van der Waals surface area contributed by atoms with Crippen molar-refractivity contribution in [2.45, 2.75) is 24.2 Å². The Bertz CT molecular complexity index is 943. The second-order valence-corrected chi connectivity index (χ2v) is 7.65. The van der Waals surface area contributed by atoms with Gasteiger partial charge in [-0.05, 0) is 17.7 Å². The molecule has 0 spiro atoms. The summed E-state index contributed by atoms with van der Waals surface area (Å²) in [6.07, 6.45) is -3.25. The summed E-state index contributed by atoms with van der Waals surface area (Å²) in [5, 5.41) is -0.426. The molecule has 1 atom stereocenters. The number of halogens is 4. The van der Waals surface area contributed by atoms with Gasteiger partial charge in [-0.3, -0.25) is 4.79 Å². The zero-order valence-corrected chi connectivity index (χ0v) is 15.3. The molecule has 0 bridgehead atoms. The Morgan fingerprint density at radius 3 is 2.31 bits per heavy atom. The molecule has 0 amide bonds. The average Bonchev–Trinajstić information content (AvgIpc) is 2.54. The lowest BCUT2D eigenvalue weighted by molar-refractivity contribution is -0.173. The van der Waals surface area contributed by atoms with Crippen molar-refractivity contribution >= 4 is 21.6 Å². The second kappa shape index (κ2) is 7.37. The maximum Gasteiger partial charge on any atom is 0.409 e. The quantitative estimate of drug-likeness (QED) is 0.761. The highest BCUT2D eigenvalue weighted by molar-refractivity contribution is 7.89. The van der Waals surface area contributed by atoms with Crippen LogP contribution in [0.1, 0.15) is 18.5 Å². The van der Waals surface area contributed by atoms with E-state index in [2.05, 4.69) is 4.98 Å². The molecule has 0 saturated heterocycles. The Morgan fingerprint density at radius 1 is 1.27 bits per heavy atom. The Hall–Kier alpha value is -1.91. The molecule has 142 valence electrons. The van der Waals surface area contributed by atoms with Gasteiger partial charge in [0, 0.05) is 24.8 Å². The van der Waals surface area contributed by atoms with Crippen molar-refractivity contribution in [2.24, 2.45) is 7.05 Å². The van der Waals surface area contributed by atoms with Gasteiger partial charge in [-0.25, -0.2) is 13.4 Å². The second-order valence-electron chi connectivity index (χ2n) is 5.38. The van der Waals surface area contributed by atoms with Gasteiger partial charge in [-0.15, -0.1) is 0 Å². The van der Waals surface area contributed by atoms with Crippen LogP contribution in [-0.4, -0.2) is 35.0 Å². The summed E-state index contributed by atoms with van der Waals surface area (Å²) in [6.45, 7) is 0.827. The highest BCUT2D eigenvalue weighted by Gasteiger charge is 2.49. The van der Waals surface area contributed by atoms with Crippen LogP contribution >= 0.6 is 11.6 Å². The van der Waals surface area contributed by atoms with Crippen molar-refractivity contribution in [1.29, 1.82) is 0 Å². The third kappa shape index (κ3) is 4.08. The van der Waals surface area contributed by atoms with Gasteiger partial charge < -0.3 is 4.57 Å². The SMILES string of the molecule is CCN([C@H](c1ccc(Cl)cc1)C(F)(F)F)S(=O)(=O)c1cn(C)c(=O)cn1. The van der Waals surface area contributed by atoms with Crippen LogP contribution in [0.15, 0.2) is 46.5 Å². The topological polar surface area (TPSA) is 72.3 Å². The zero-order valence-electron chi connectivity index (χ0n) is 13.7. The third-order valence-corrected chi connectivity index (χ3v) is 5.70. The van der Waals surface area contributed by atoms with E-state index in [0.29, 0.717) is 4.31 Å². The van der Waals surface area contributed by atoms with E-state index in [1.165, 1.54) is 26.1 Å². The Kier molecular flexibility index (Phi) is 5.79. The summed E-state index contributed by atoms with van der Waals surface area (Å²) in [5.74, 6) is 0. The minimum Gasteiger partial charge on any atom is -0.314 e. The van der Waals surface area contributed by atoms with E-state index in [9.17, 15) is 26.4 Å². The lowest BCUT2D eigenvalue weighted by atomic mass is 10.1. The predicted molar refractivity (Wildman–Crippen MR) is 89.3 cm³/mol. The number of benzene rings is 1.